The maximum absolute atomic E-state index is 11.5. The van der Waals surface area contributed by atoms with Crippen molar-refractivity contribution in [1.82, 2.24) is 0 Å². The molecule has 0 bridgehead atoms. The van der Waals surface area contributed by atoms with Crippen molar-refractivity contribution in [3.63, 3.8) is 0 Å². The van der Waals surface area contributed by atoms with Crippen LogP contribution in [0.5, 0.6) is 5.75 Å². The van der Waals surface area contributed by atoms with Crippen LogP contribution < -0.4 is 10.4 Å². The molecule has 2 rings (SSSR count). The molecule has 0 unspecified atom stereocenters. The number of carbonyl (C=O) groups is 1. The number of carbonyl (C=O) groups excluding carboxylic acids is 1. The average molecular weight is 336 g/mol. The third-order valence-corrected chi connectivity index (χ3v) is 4.05. The molecule has 0 aliphatic rings. The summed E-state index contributed by atoms with van der Waals surface area (Å²) in [5.74, 6) is -0.0650. The maximum atomic E-state index is 11.5. The van der Waals surface area contributed by atoms with Gasteiger partial charge in [0.25, 0.3) is 5.22 Å². The second-order valence-electron chi connectivity index (χ2n) is 7.08. The molecule has 25 heavy (non-hydrogen) atoms. The van der Waals surface area contributed by atoms with Crippen molar-refractivity contribution in [2.45, 2.75) is 39.0 Å². The Morgan fingerprint density at radius 2 is 1.92 bits per heavy atom. The largest absolute Gasteiger partial charge is 0.471 e. The lowest BCUT2D eigenvalue weighted by Gasteiger charge is -2.20. The molecule has 2 aromatic rings. The first-order valence-electron chi connectivity index (χ1n) is 8.27. The normalized spacial score (nSPS) is 11.9. The highest BCUT2D eigenvalue weighted by atomic mass is 16.5. The Morgan fingerprint density at radius 3 is 2.52 bits per heavy atom. The lowest BCUT2D eigenvalue weighted by atomic mass is 9.83. The summed E-state index contributed by atoms with van der Waals surface area (Å²) >= 11 is 0. The van der Waals surface area contributed by atoms with E-state index in [1.807, 2.05) is 51.1 Å². The molecule has 0 fully saturated rings. The fourth-order valence-corrected chi connectivity index (χ4v) is 2.61. The number of benzene rings is 2. The van der Waals surface area contributed by atoms with Gasteiger partial charge in [0.1, 0.15) is 0 Å². The molecular weight excluding hydrogens is 312 g/mol. The summed E-state index contributed by atoms with van der Waals surface area (Å²) in [6, 6.07) is 11.2. The first kappa shape index (κ1) is 18.6. The van der Waals surface area contributed by atoms with Crippen LogP contribution in [0.2, 0.25) is 0 Å². The van der Waals surface area contributed by atoms with Crippen molar-refractivity contribution in [3.05, 3.63) is 63.5 Å². The summed E-state index contributed by atoms with van der Waals surface area (Å²) in [4.78, 5) is 11.5. The van der Waals surface area contributed by atoms with Crippen molar-refractivity contribution >= 4 is 18.6 Å². The number of phenols is 1. The summed E-state index contributed by atoms with van der Waals surface area (Å²) in [5, 5.41) is 12.1. The van der Waals surface area contributed by atoms with E-state index in [1.54, 1.807) is 6.07 Å². The second-order valence-corrected chi connectivity index (χ2v) is 7.08. The molecule has 3 heteroatoms. The SMILES string of the molecule is [CH+]=c1ccccc1=[C+]c1cc(CCC(=O)OC)cc(C(C)(C)C)c1O. The summed E-state index contributed by atoms with van der Waals surface area (Å²) in [7, 11) is 1.38. The van der Waals surface area contributed by atoms with E-state index in [4.69, 9.17) is 11.3 Å². The zero-order valence-corrected chi connectivity index (χ0v) is 15.2. The van der Waals surface area contributed by atoms with Gasteiger partial charge in [-0.25, -0.2) is 0 Å². The maximum Gasteiger partial charge on any atom is 0.305 e. The third-order valence-electron chi connectivity index (χ3n) is 4.05. The highest BCUT2D eigenvalue weighted by Gasteiger charge is 2.25. The monoisotopic (exact) mass is 336 g/mol. The molecule has 0 saturated carbocycles. The highest BCUT2D eigenvalue weighted by Crippen LogP contribution is 2.35. The van der Waals surface area contributed by atoms with Gasteiger partial charge in [-0.1, -0.05) is 20.8 Å². The number of methoxy groups -OCH3 is 1. The van der Waals surface area contributed by atoms with Crippen LogP contribution in [0.3, 0.4) is 0 Å². The van der Waals surface area contributed by atoms with Gasteiger partial charge in [-0.15, -0.1) is 0 Å². The Bertz CT molecular complexity index is 873. The molecule has 2 aromatic carbocycles. The molecule has 0 radical (unpaired) electrons. The van der Waals surface area contributed by atoms with Crippen LogP contribution in [0.4, 0.5) is 0 Å². The number of ether oxygens (including phenoxy) is 1. The number of rotatable bonds is 4. The quantitative estimate of drug-likeness (QED) is 0.690. The zero-order chi connectivity index (χ0) is 18.6. The fraction of sp³-hybridized carbons (Fsp3) is 0.318. The minimum Gasteiger partial charge on any atom is -0.471 e. The molecule has 0 amide bonds. The van der Waals surface area contributed by atoms with Crippen LogP contribution in [0.25, 0.3) is 12.7 Å². The van der Waals surface area contributed by atoms with Crippen molar-refractivity contribution in [3.8, 4) is 5.75 Å². The number of hydrogen-bond donors (Lipinski definition) is 1. The van der Waals surface area contributed by atoms with Crippen LogP contribution in [0, 0.1) is 0 Å². The van der Waals surface area contributed by atoms with Gasteiger partial charge < -0.3 is 9.84 Å². The lowest BCUT2D eigenvalue weighted by molar-refractivity contribution is -0.140. The van der Waals surface area contributed by atoms with Gasteiger partial charge in [0.05, 0.1) is 31.7 Å². The van der Waals surface area contributed by atoms with Crippen molar-refractivity contribution < 1.29 is 14.6 Å². The van der Waals surface area contributed by atoms with E-state index in [0.717, 1.165) is 16.3 Å². The molecule has 0 spiro atoms. The first-order valence-corrected chi connectivity index (χ1v) is 8.27. The van der Waals surface area contributed by atoms with E-state index in [1.165, 1.54) is 7.11 Å². The minimum atomic E-state index is -0.257. The van der Waals surface area contributed by atoms with E-state index in [2.05, 4.69) is 6.08 Å². The third kappa shape index (κ3) is 4.64. The minimum absolute atomic E-state index is 0.192. The van der Waals surface area contributed by atoms with E-state index in [0.29, 0.717) is 17.2 Å². The van der Waals surface area contributed by atoms with E-state index in [-0.39, 0.29) is 23.6 Å². The molecular formula is C22H24O3+2. The van der Waals surface area contributed by atoms with Gasteiger partial charge in [0.2, 0.25) is 11.0 Å². The van der Waals surface area contributed by atoms with Crippen LogP contribution in [0.1, 0.15) is 43.9 Å². The molecule has 0 aliphatic carbocycles. The molecule has 0 atom stereocenters. The Labute approximate surface area is 149 Å². The van der Waals surface area contributed by atoms with Gasteiger partial charge in [-0.3, -0.25) is 4.79 Å². The van der Waals surface area contributed by atoms with Crippen LogP contribution in [0.15, 0.2) is 36.4 Å². The topological polar surface area (TPSA) is 46.5 Å². The Hall–Kier alpha value is -2.73. The smallest absolute Gasteiger partial charge is 0.305 e. The predicted molar refractivity (Wildman–Crippen MR) is 99.8 cm³/mol. The molecule has 0 heterocycles. The van der Waals surface area contributed by atoms with Crippen LogP contribution in [-0.4, -0.2) is 18.2 Å². The van der Waals surface area contributed by atoms with Gasteiger partial charge in [0.15, 0.2) is 5.56 Å². The lowest BCUT2D eigenvalue weighted by Crippen LogP contribution is -2.22. The summed E-state index contributed by atoms with van der Waals surface area (Å²) < 4.78 is 4.71. The van der Waals surface area contributed by atoms with E-state index < -0.39 is 0 Å². The standard InChI is InChI=1S/C22H23O3/c1-15-8-6-7-9-17(15)14-18-12-16(10-11-20(23)25-5)13-19(21(18)24)22(2,3)4/h1,6-9,12-13H,10-11H2,2-5H3/q+1/p+1. The second kappa shape index (κ2) is 7.44. The highest BCUT2D eigenvalue weighted by molar-refractivity contribution is 5.70. The summed E-state index contributed by atoms with van der Waals surface area (Å²) in [6.07, 6.45) is 4.03. The van der Waals surface area contributed by atoms with Gasteiger partial charge in [-0.05, 0) is 23.5 Å². The summed E-state index contributed by atoms with van der Waals surface area (Å²) in [5.41, 5.74) is 2.09. The van der Waals surface area contributed by atoms with Gasteiger partial charge in [0, 0.05) is 30.3 Å². The zero-order valence-electron chi connectivity index (χ0n) is 15.2. The Morgan fingerprint density at radius 1 is 1.24 bits per heavy atom. The molecule has 3 nitrogen and oxygen atoms in total. The van der Waals surface area contributed by atoms with Crippen LogP contribution >= 0.6 is 0 Å². The fourth-order valence-electron chi connectivity index (χ4n) is 2.61. The van der Waals surface area contributed by atoms with Gasteiger partial charge >= 0.3 is 5.97 Å². The first-order chi connectivity index (χ1) is 11.7. The molecule has 0 saturated heterocycles. The van der Waals surface area contributed by atoms with E-state index >= 15 is 0 Å². The number of hydrogen-bond acceptors (Lipinski definition) is 3. The average Bonchev–Trinajstić information content (AvgIpc) is 2.55. The molecule has 0 aliphatic heterocycles. The molecule has 128 valence electrons. The number of aromatic hydroxyl groups is 1. The Balaban J connectivity index is 2.58. The van der Waals surface area contributed by atoms with Crippen LogP contribution in [-0.2, 0) is 21.4 Å². The molecule has 1 N–H and O–H groups in total. The number of aryl methyl sites for hydroxylation is 1. The number of phenolic OH excluding ortho intramolecular Hbond substituents is 1. The van der Waals surface area contributed by atoms with Crippen molar-refractivity contribution in [1.29, 1.82) is 0 Å². The predicted octanol–water partition coefficient (Wildman–Crippen LogP) is 2.79. The molecule has 0 aromatic heterocycles. The van der Waals surface area contributed by atoms with E-state index in [9.17, 15) is 9.90 Å². The number of esters is 1. The van der Waals surface area contributed by atoms with Gasteiger partial charge in [-0.2, -0.15) is 0 Å². The van der Waals surface area contributed by atoms with Crippen molar-refractivity contribution in [2.24, 2.45) is 0 Å². The Kier molecular flexibility index (Phi) is 5.54. The van der Waals surface area contributed by atoms with Crippen molar-refractivity contribution in [2.75, 3.05) is 7.11 Å². The summed E-state index contributed by atoms with van der Waals surface area (Å²) in [6.45, 7) is 12.1.